The topological polar surface area (TPSA) is 89.1 Å². The van der Waals surface area contributed by atoms with E-state index in [1.807, 2.05) is 41.5 Å². The number of carbonyl (C=O) groups is 2. The van der Waals surface area contributed by atoms with E-state index in [1.165, 1.54) is 6.42 Å². The van der Waals surface area contributed by atoms with Gasteiger partial charge in [0.05, 0.1) is 12.7 Å². The van der Waals surface area contributed by atoms with Crippen LogP contribution in [0.4, 0.5) is 9.59 Å². The summed E-state index contributed by atoms with van der Waals surface area (Å²) in [5, 5.41) is 6.50. The summed E-state index contributed by atoms with van der Waals surface area (Å²) >= 11 is 0. The van der Waals surface area contributed by atoms with E-state index in [2.05, 4.69) is 10.6 Å². The summed E-state index contributed by atoms with van der Waals surface area (Å²) in [6, 6.07) is 0.396. The first-order valence-corrected chi connectivity index (χ1v) is 11.7. The first kappa shape index (κ1) is 25.7. The maximum atomic E-state index is 12.1. The van der Waals surface area contributed by atoms with Crippen molar-refractivity contribution in [2.24, 2.45) is 5.92 Å². The molecule has 0 aromatic carbocycles. The third-order valence-corrected chi connectivity index (χ3v) is 5.52. The van der Waals surface area contributed by atoms with Crippen molar-refractivity contribution >= 4 is 12.2 Å². The van der Waals surface area contributed by atoms with Crippen molar-refractivity contribution in [1.29, 1.82) is 0 Å². The van der Waals surface area contributed by atoms with Gasteiger partial charge >= 0.3 is 12.2 Å². The van der Waals surface area contributed by atoms with Gasteiger partial charge in [-0.05, 0) is 73.1 Å². The van der Waals surface area contributed by atoms with Crippen LogP contribution < -0.4 is 10.6 Å². The molecule has 8 heteroatoms. The van der Waals surface area contributed by atoms with Gasteiger partial charge in [0, 0.05) is 32.2 Å². The molecule has 8 nitrogen and oxygen atoms in total. The van der Waals surface area contributed by atoms with Gasteiger partial charge in [-0.15, -0.1) is 0 Å². The van der Waals surface area contributed by atoms with Crippen LogP contribution in [0.5, 0.6) is 0 Å². The maximum absolute atomic E-state index is 12.1. The molecular weight excluding hydrogens is 398 g/mol. The summed E-state index contributed by atoms with van der Waals surface area (Å²) in [6.07, 6.45) is 4.68. The van der Waals surface area contributed by atoms with Crippen molar-refractivity contribution < 1.29 is 23.8 Å². The molecule has 31 heavy (non-hydrogen) atoms. The highest BCUT2D eigenvalue weighted by Gasteiger charge is 2.29. The molecule has 0 radical (unpaired) electrons. The van der Waals surface area contributed by atoms with Crippen LogP contribution in [0.3, 0.4) is 0 Å². The van der Waals surface area contributed by atoms with E-state index in [0.717, 1.165) is 32.2 Å². The third-order valence-electron chi connectivity index (χ3n) is 5.52. The van der Waals surface area contributed by atoms with Crippen molar-refractivity contribution in [3.05, 3.63) is 0 Å². The van der Waals surface area contributed by atoms with Gasteiger partial charge in [0.1, 0.15) is 11.2 Å². The van der Waals surface area contributed by atoms with Gasteiger partial charge in [-0.25, -0.2) is 9.59 Å². The number of nitrogens with one attached hydrogen (secondary N) is 2. The van der Waals surface area contributed by atoms with Gasteiger partial charge in [0.2, 0.25) is 0 Å². The van der Waals surface area contributed by atoms with Gasteiger partial charge in [-0.3, -0.25) is 0 Å². The largest absolute Gasteiger partial charge is 0.444 e. The fraction of sp³-hybridized carbons (Fsp3) is 0.913. The molecule has 0 aromatic heterocycles. The predicted molar refractivity (Wildman–Crippen MR) is 120 cm³/mol. The first-order valence-electron chi connectivity index (χ1n) is 11.7. The zero-order valence-corrected chi connectivity index (χ0v) is 20.3. The molecule has 180 valence electrons. The van der Waals surface area contributed by atoms with Crippen molar-refractivity contribution in [3.63, 3.8) is 0 Å². The summed E-state index contributed by atoms with van der Waals surface area (Å²) < 4.78 is 16.8. The monoisotopic (exact) mass is 441 g/mol. The molecule has 1 heterocycles. The molecule has 2 amide bonds. The smallest absolute Gasteiger partial charge is 0.410 e. The normalized spacial score (nSPS) is 23.0. The second-order valence-electron chi connectivity index (χ2n) is 10.7. The third kappa shape index (κ3) is 10.1. The molecule has 1 aliphatic heterocycles. The average Bonchev–Trinajstić information content (AvgIpc) is 3.08. The standard InChI is InChI=1S/C23H43N3O5/c1-22(2,3)30-20(27)25-16-17-8-7-9-19(17)24-12-15-29-18-10-13-26(14-11-18)21(28)31-23(4,5)6/h17-19,24H,7-16H2,1-6H3,(H,25,27). The Balaban J connectivity index is 1.59. The van der Waals surface area contributed by atoms with Gasteiger partial charge in [-0.1, -0.05) is 6.42 Å². The van der Waals surface area contributed by atoms with E-state index in [-0.39, 0.29) is 18.3 Å². The minimum Gasteiger partial charge on any atom is -0.444 e. The Kier molecular flexibility index (Phi) is 9.43. The van der Waals surface area contributed by atoms with Crippen LogP contribution in [-0.4, -0.2) is 73.2 Å². The zero-order chi connectivity index (χ0) is 23.1. The first-order chi connectivity index (χ1) is 14.4. The highest BCUT2D eigenvalue weighted by atomic mass is 16.6. The molecule has 1 saturated carbocycles. The average molecular weight is 442 g/mol. The lowest BCUT2D eigenvalue weighted by molar-refractivity contribution is -0.0109. The molecule has 2 unspecified atom stereocenters. The van der Waals surface area contributed by atoms with Crippen LogP contribution in [-0.2, 0) is 14.2 Å². The quantitative estimate of drug-likeness (QED) is 0.586. The SMILES string of the molecule is CC(C)(C)OC(=O)NCC1CCCC1NCCOC1CCN(C(=O)OC(C)(C)C)CC1. The van der Waals surface area contributed by atoms with Gasteiger partial charge in [0.15, 0.2) is 0 Å². The van der Waals surface area contributed by atoms with E-state index in [1.54, 1.807) is 4.90 Å². The number of rotatable bonds is 7. The van der Waals surface area contributed by atoms with E-state index in [9.17, 15) is 9.59 Å². The Labute approximate surface area is 187 Å². The maximum Gasteiger partial charge on any atom is 0.410 e. The molecule has 2 fully saturated rings. The summed E-state index contributed by atoms with van der Waals surface area (Å²) in [7, 11) is 0. The number of likely N-dealkylation sites (tertiary alicyclic amines) is 1. The van der Waals surface area contributed by atoms with Crippen molar-refractivity contribution in [2.75, 3.05) is 32.8 Å². The van der Waals surface area contributed by atoms with Gasteiger partial charge in [-0.2, -0.15) is 0 Å². The Morgan fingerprint density at radius 1 is 0.935 bits per heavy atom. The van der Waals surface area contributed by atoms with Crippen LogP contribution in [0.15, 0.2) is 0 Å². The van der Waals surface area contributed by atoms with Crippen molar-refractivity contribution in [3.8, 4) is 0 Å². The predicted octanol–water partition coefficient (Wildman–Crippen LogP) is 3.69. The lowest BCUT2D eigenvalue weighted by atomic mass is 10.0. The van der Waals surface area contributed by atoms with Crippen LogP contribution in [0, 0.1) is 5.92 Å². The second-order valence-corrected chi connectivity index (χ2v) is 10.7. The van der Waals surface area contributed by atoms with Gasteiger partial charge < -0.3 is 29.7 Å². The lowest BCUT2D eigenvalue weighted by Gasteiger charge is -2.33. The van der Waals surface area contributed by atoms with Crippen molar-refractivity contribution in [1.82, 2.24) is 15.5 Å². The van der Waals surface area contributed by atoms with Crippen LogP contribution in [0.2, 0.25) is 0 Å². The molecule has 2 rings (SSSR count). The van der Waals surface area contributed by atoms with E-state index >= 15 is 0 Å². The molecule has 1 saturated heterocycles. The number of hydrogen-bond acceptors (Lipinski definition) is 6. The Morgan fingerprint density at radius 3 is 2.19 bits per heavy atom. The fourth-order valence-corrected chi connectivity index (χ4v) is 4.08. The number of alkyl carbamates (subject to hydrolysis) is 1. The Morgan fingerprint density at radius 2 is 1.58 bits per heavy atom. The van der Waals surface area contributed by atoms with E-state index in [4.69, 9.17) is 14.2 Å². The number of nitrogens with zero attached hydrogens (tertiary/aromatic N) is 1. The molecule has 0 aromatic rings. The Hall–Kier alpha value is -1.54. The van der Waals surface area contributed by atoms with Gasteiger partial charge in [0.25, 0.3) is 0 Å². The summed E-state index contributed by atoms with van der Waals surface area (Å²) in [5.41, 5.74) is -0.936. The molecule has 0 spiro atoms. The van der Waals surface area contributed by atoms with Crippen LogP contribution >= 0.6 is 0 Å². The number of amides is 2. The highest BCUT2D eigenvalue weighted by molar-refractivity contribution is 5.68. The number of hydrogen-bond donors (Lipinski definition) is 2. The summed E-state index contributed by atoms with van der Waals surface area (Å²) in [4.78, 5) is 25.8. The molecule has 2 atom stereocenters. The summed E-state index contributed by atoms with van der Waals surface area (Å²) in [6.45, 7) is 14.7. The van der Waals surface area contributed by atoms with Crippen LogP contribution in [0.1, 0.15) is 73.6 Å². The number of piperidine rings is 1. The molecule has 2 aliphatic rings. The minimum atomic E-state index is -0.474. The van der Waals surface area contributed by atoms with E-state index in [0.29, 0.717) is 38.2 Å². The second kappa shape index (κ2) is 11.4. The fourth-order valence-electron chi connectivity index (χ4n) is 4.08. The van der Waals surface area contributed by atoms with Crippen molar-refractivity contribution in [2.45, 2.75) is 97.0 Å². The lowest BCUT2D eigenvalue weighted by Crippen LogP contribution is -2.44. The number of carbonyl (C=O) groups excluding carboxylic acids is 2. The minimum absolute atomic E-state index is 0.189. The molecular formula is C23H43N3O5. The summed E-state index contributed by atoms with van der Waals surface area (Å²) in [5.74, 6) is 0.421. The highest BCUT2D eigenvalue weighted by Crippen LogP contribution is 2.25. The molecule has 2 N–H and O–H groups in total. The molecule has 0 bridgehead atoms. The van der Waals surface area contributed by atoms with Crippen LogP contribution in [0.25, 0.3) is 0 Å². The van der Waals surface area contributed by atoms with E-state index < -0.39 is 11.2 Å². The Bertz CT molecular complexity index is 577. The number of ether oxygens (including phenoxy) is 3. The molecule has 1 aliphatic carbocycles. The zero-order valence-electron chi connectivity index (χ0n) is 20.3.